The van der Waals surface area contributed by atoms with Gasteiger partial charge in [-0.2, -0.15) is 0 Å². The van der Waals surface area contributed by atoms with Crippen LogP contribution in [0.4, 0.5) is 0 Å². The van der Waals surface area contributed by atoms with E-state index in [9.17, 15) is 4.79 Å². The summed E-state index contributed by atoms with van der Waals surface area (Å²) in [5.74, 6) is 0.132. The van der Waals surface area contributed by atoms with Crippen molar-refractivity contribution >= 4 is 17.2 Å². The molecular weight excluding hydrogens is 310 g/mol. The number of ether oxygens (including phenoxy) is 1. The Morgan fingerprint density at radius 3 is 2.91 bits per heavy atom. The quantitative estimate of drug-likeness (QED) is 0.855. The highest BCUT2D eigenvalue weighted by Gasteiger charge is 2.19. The molecule has 2 fully saturated rings. The van der Waals surface area contributed by atoms with Crippen molar-refractivity contribution in [2.75, 3.05) is 45.9 Å². The maximum atomic E-state index is 12.1. The molecule has 0 aliphatic carbocycles. The van der Waals surface area contributed by atoms with Crippen LogP contribution in [0.25, 0.3) is 0 Å². The van der Waals surface area contributed by atoms with Crippen LogP contribution >= 0.6 is 11.3 Å². The third-order valence-electron chi connectivity index (χ3n) is 4.56. The zero-order valence-corrected chi connectivity index (χ0v) is 14.5. The van der Waals surface area contributed by atoms with Gasteiger partial charge in [-0.1, -0.05) is 6.07 Å². The van der Waals surface area contributed by atoms with Gasteiger partial charge in [0.1, 0.15) is 0 Å². The van der Waals surface area contributed by atoms with E-state index in [1.54, 1.807) is 0 Å². The van der Waals surface area contributed by atoms with Gasteiger partial charge >= 0.3 is 0 Å². The Kier molecular flexibility index (Phi) is 6.45. The summed E-state index contributed by atoms with van der Waals surface area (Å²) in [7, 11) is 0. The lowest BCUT2D eigenvalue weighted by Gasteiger charge is -2.21. The number of hydrogen-bond acceptors (Lipinski definition) is 5. The largest absolute Gasteiger partial charge is 0.376 e. The molecule has 1 aromatic heterocycles. The fourth-order valence-electron chi connectivity index (χ4n) is 3.26. The predicted molar refractivity (Wildman–Crippen MR) is 92.6 cm³/mol. The molecule has 2 saturated heterocycles. The number of carbonyl (C=O) groups is 1. The smallest absolute Gasteiger partial charge is 0.234 e. The minimum Gasteiger partial charge on any atom is -0.376 e. The SMILES string of the molecule is O=C(CN1CCCN(Cc2cccs2)CC1)NC[C@@H]1CCCO1. The van der Waals surface area contributed by atoms with Gasteiger partial charge in [-0.05, 0) is 43.8 Å². The summed E-state index contributed by atoms with van der Waals surface area (Å²) in [6.07, 6.45) is 3.54. The van der Waals surface area contributed by atoms with Crippen molar-refractivity contribution in [3.63, 3.8) is 0 Å². The molecule has 5 nitrogen and oxygen atoms in total. The summed E-state index contributed by atoms with van der Waals surface area (Å²) in [4.78, 5) is 18.3. The molecule has 3 rings (SSSR count). The molecule has 128 valence electrons. The van der Waals surface area contributed by atoms with Crippen LogP contribution in [0.15, 0.2) is 17.5 Å². The van der Waals surface area contributed by atoms with Crippen LogP contribution in [0.5, 0.6) is 0 Å². The highest BCUT2D eigenvalue weighted by Crippen LogP contribution is 2.14. The van der Waals surface area contributed by atoms with E-state index in [-0.39, 0.29) is 12.0 Å². The third kappa shape index (κ3) is 5.57. The number of nitrogens with zero attached hydrogens (tertiary/aromatic N) is 2. The molecule has 0 radical (unpaired) electrons. The number of carbonyl (C=O) groups excluding carboxylic acids is 1. The molecule has 2 aliphatic rings. The van der Waals surface area contributed by atoms with E-state index in [1.165, 1.54) is 4.88 Å². The zero-order chi connectivity index (χ0) is 15.9. The number of hydrogen-bond donors (Lipinski definition) is 1. The average molecular weight is 337 g/mol. The molecular formula is C17H27N3O2S. The predicted octanol–water partition coefficient (Wildman–Crippen LogP) is 1.55. The molecule has 2 aliphatic heterocycles. The molecule has 0 saturated carbocycles. The Morgan fingerprint density at radius 2 is 2.13 bits per heavy atom. The minimum absolute atomic E-state index is 0.132. The molecule has 1 N–H and O–H groups in total. The van der Waals surface area contributed by atoms with E-state index in [1.807, 2.05) is 11.3 Å². The van der Waals surface area contributed by atoms with Crippen LogP contribution in [0.2, 0.25) is 0 Å². The van der Waals surface area contributed by atoms with Crippen molar-refractivity contribution in [2.45, 2.75) is 31.9 Å². The van der Waals surface area contributed by atoms with Crippen LogP contribution < -0.4 is 5.32 Å². The first-order valence-electron chi connectivity index (χ1n) is 8.65. The topological polar surface area (TPSA) is 44.8 Å². The summed E-state index contributed by atoms with van der Waals surface area (Å²) in [6.45, 7) is 7.19. The second-order valence-electron chi connectivity index (χ2n) is 6.42. The molecule has 3 heterocycles. The molecule has 1 amide bonds. The monoisotopic (exact) mass is 337 g/mol. The fourth-order valence-corrected chi connectivity index (χ4v) is 4.00. The Hall–Kier alpha value is -0.950. The molecule has 6 heteroatoms. The Morgan fingerprint density at radius 1 is 1.26 bits per heavy atom. The first kappa shape index (κ1) is 16.9. The summed E-state index contributed by atoms with van der Waals surface area (Å²) < 4.78 is 5.54. The van der Waals surface area contributed by atoms with Crippen LogP contribution in [0, 0.1) is 0 Å². The Bertz CT molecular complexity index is 474. The van der Waals surface area contributed by atoms with Crippen LogP contribution in [0.1, 0.15) is 24.1 Å². The van der Waals surface area contributed by atoms with Crippen molar-refractivity contribution in [3.8, 4) is 0 Å². The molecule has 0 bridgehead atoms. The van der Waals surface area contributed by atoms with Crippen molar-refractivity contribution in [3.05, 3.63) is 22.4 Å². The normalized spacial score (nSPS) is 23.7. The number of amides is 1. The standard InChI is InChI=1S/C17H27N3O2S/c21-17(18-12-15-4-1-10-22-15)14-20-7-3-6-19(8-9-20)13-16-5-2-11-23-16/h2,5,11,15H,1,3-4,6-10,12-14H2,(H,18,21)/t15-/m0/s1. The van der Waals surface area contributed by atoms with Crippen molar-refractivity contribution in [1.29, 1.82) is 0 Å². The zero-order valence-electron chi connectivity index (χ0n) is 13.7. The van der Waals surface area contributed by atoms with Gasteiger partial charge in [0.05, 0.1) is 12.6 Å². The third-order valence-corrected chi connectivity index (χ3v) is 5.42. The molecule has 1 aromatic rings. The van der Waals surface area contributed by atoms with Gasteiger partial charge < -0.3 is 10.1 Å². The number of rotatable bonds is 6. The van der Waals surface area contributed by atoms with Crippen LogP contribution in [-0.4, -0.2) is 67.7 Å². The highest BCUT2D eigenvalue weighted by molar-refractivity contribution is 7.09. The van der Waals surface area contributed by atoms with E-state index < -0.39 is 0 Å². The summed E-state index contributed by atoms with van der Waals surface area (Å²) >= 11 is 1.82. The van der Waals surface area contributed by atoms with Gasteiger partial charge in [-0.25, -0.2) is 0 Å². The molecule has 0 spiro atoms. The van der Waals surface area contributed by atoms with Crippen LogP contribution in [-0.2, 0) is 16.1 Å². The molecule has 0 aromatic carbocycles. The maximum absolute atomic E-state index is 12.1. The molecule has 0 unspecified atom stereocenters. The lowest BCUT2D eigenvalue weighted by molar-refractivity contribution is -0.122. The first-order chi connectivity index (χ1) is 11.3. The van der Waals surface area contributed by atoms with Gasteiger partial charge in [0, 0.05) is 37.7 Å². The number of nitrogens with one attached hydrogen (secondary N) is 1. The minimum atomic E-state index is 0.132. The van der Waals surface area contributed by atoms with E-state index in [2.05, 4.69) is 32.6 Å². The molecule has 23 heavy (non-hydrogen) atoms. The average Bonchev–Trinajstić information content (AvgIpc) is 3.19. The Labute approximate surface area is 142 Å². The van der Waals surface area contributed by atoms with Crippen molar-refractivity contribution in [2.24, 2.45) is 0 Å². The highest BCUT2D eigenvalue weighted by atomic mass is 32.1. The van der Waals surface area contributed by atoms with Gasteiger partial charge in [0.25, 0.3) is 0 Å². The first-order valence-corrected chi connectivity index (χ1v) is 9.53. The van der Waals surface area contributed by atoms with Gasteiger partial charge in [0.15, 0.2) is 0 Å². The van der Waals surface area contributed by atoms with E-state index in [0.29, 0.717) is 13.1 Å². The Balaban J connectivity index is 1.36. The van der Waals surface area contributed by atoms with Crippen molar-refractivity contribution < 1.29 is 9.53 Å². The van der Waals surface area contributed by atoms with Crippen molar-refractivity contribution in [1.82, 2.24) is 15.1 Å². The van der Waals surface area contributed by atoms with Crippen LogP contribution in [0.3, 0.4) is 0 Å². The summed E-state index contributed by atoms with van der Waals surface area (Å²) in [5.41, 5.74) is 0. The van der Waals surface area contributed by atoms with Gasteiger partial charge in [-0.15, -0.1) is 11.3 Å². The second-order valence-corrected chi connectivity index (χ2v) is 7.46. The van der Waals surface area contributed by atoms with Gasteiger partial charge in [0.2, 0.25) is 5.91 Å². The molecule has 1 atom stereocenters. The van der Waals surface area contributed by atoms with E-state index in [4.69, 9.17) is 4.74 Å². The summed E-state index contributed by atoms with van der Waals surface area (Å²) in [5, 5.41) is 5.16. The fraction of sp³-hybridized carbons (Fsp3) is 0.706. The second kappa shape index (κ2) is 8.78. The lowest BCUT2D eigenvalue weighted by atomic mass is 10.2. The summed E-state index contributed by atoms with van der Waals surface area (Å²) in [6, 6.07) is 4.31. The number of thiophene rings is 1. The lowest BCUT2D eigenvalue weighted by Crippen LogP contribution is -2.41. The van der Waals surface area contributed by atoms with E-state index in [0.717, 1.165) is 58.6 Å². The van der Waals surface area contributed by atoms with Gasteiger partial charge in [-0.3, -0.25) is 14.6 Å². The maximum Gasteiger partial charge on any atom is 0.234 e. The van der Waals surface area contributed by atoms with E-state index >= 15 is 0 Å².